The zero-order valence-corrected chi connectivity index (χ0v) is 10.2. The van der Waals surface area contributed by atoms with Crippen LogP contribution in [0.1, 0.15) is 12.5 Å². The fourth-order valence-electron chi connectivity index (χ4n) is 1.30. The molecule has 1 aliphatic rings. The first kappa shape index (κ1) is 11.3. The summed E-state index contributed by atoms with van der Waals surface area (Å²) in [4.78, 5) is 4.36. The zero-order valence-electron chi connectivity index (χ0n) is 7.82. The standard InChI is InChI=1S/C11H11N2.Ir/c1-8-10(12)7-11(13-8)9-5-3-2-4-6-9;/h2-5,7,10H,12H2,1H3;/q-1;. The predicted molar refractivity (Wildman–Crippen MR) is 54.3 cm³/mol. The van der Waals surface area contributed by atoms with Crippen molar-refractivity contribution in [2.45, 2.75) is 13.0 Å². The van der Waals surface area contributed by atoms with Crippen LogP contribution in [-0.2, 0) is 20.1 Å². The van der Waals surface area contributed by atoms with Crippen molar-refractivity contribution in [3.05, 3.63) is 42.0 Å². The zero-order chi connectivity index (χ0) is 9.26. The summed E-state index contributed by atoms with van der Waals surface area (Å²) in [5.41, 5.74) is 8.69. The van der Waals surface area contributed by atoms with Crippen LogP contribution in [0.5, 0.6) is 0 Å². The van der Waals surface area contributed by atoms with Crippen LogP contribution in [0, 0.1) is 6.07 Å². The molecule has 1 aromatic rings. The molecule has 2 nitrogen and oxygen atoms in total. The molecule has 1 atom stereocenters. The number of hydrogen-bond donors (Lipinski definition) is 1. The van der Waals surface area contributed by atoms with E-state index < -0.39 is 0 Å². The average molecular weight is 363 g/mol. The summed E-state index contributed by atoms with van der Waals surface area (Å²) in [5.74, 6) is 0. The molecule has 1 aliphatic heterocycles. The Balaban J connectivity index is 0.000000980. The number of aliphatic imine (C=N–C) groups is 1. The van der Waals surface area contributed by atoms with E-state index in [1.165, 1.54) is 0 Å². The Labute approximate surface area is 97.3 Å². The van der Waals surface area contributed by atoms with E-state index in [-0.39, 0.29) is 26.1 Å². The molecule has 1 heterocycles. The average Bonchev–Trinajstić information content (AvgIpc) is 2.49. The molecule has 0 fully saturated rings. The van der Waals surface area contributed by atoms with Crippen LogP contribution in [-0.4, -0.2) is 11.8 Å². The predicted octanol–water partition coefficient (Wildman–Crippen LogP) is 1.63. The summed E-state index contributed by atoms with van der Waals surface area (Å²) < 4.78 is 0. The van der Waals surface area contributed by atoms with Crippen molar-refractivity contribution in [3.8, 4) is 0 Å². The van der Waals surface area contributed by atoms with Crippen molar-refractivity contribution in [2.24, 2.45) is 10.7 Å². The van der Waals surface area contributed by atoms with E-state index in [1.807, 2.05) is 37.3 Å². The van der Waals surface area contributed by atoms with Crippen molar-refractivity contribution in [3.63, 3.8) is 0 Å². The number of rotatable bonds is 1. The quantitative estimate of drug-likeness (QED) is 0.757. The van der Waals surface area contributed by atoms with Crippen LogP contribution in [0.2, 0.25) is 0 Å². The Hall–Kier alpha value is -0.761. The molecule has 1 unspecified atom stereocenters. The Morgan fingerprint density at radius 2 is 2.21 bits per heavy atom. The van der Waals surface area contributed by atoms with Gasteiger partial charge in [-0.05, 0) is 12.6 Å². The van der Waals surface area contributed by atoms with Crippen molar-refractivity contribution >= 4 is 11.4 Å². The summed E-state index contributed by atoms with van der Waals surface area (Å²) >= 11 is 0. The third-order valence-corrected chi connectivity index (χ3v) is 2.10. The van der Waals surface area contributed by atoms with E-state index in [2.05, 4.69) is 11.1 Å². The van der Waals surface area contributed by atoms with E-state index >= 15 is 0 Å². The number of nitrogens with zero attached hydrogens (tertiary/aromatic N) is 1. The molecular weight excluding hydrogens is 352 g/mol. The van der Waals surface area contributed by atoms with Gasteiger partial charge >= 0.3 is 0 Å². The first-order chi connectivity index (χ1) is 6.27. The van der Waals surface area contributed by atoms with Crippen LogP contribution < -0.4 is 5.73 Å². The van der Waals surface area contributed by atoms with Crippen molar-refractivity contribution in [2.75, 3.05) is 0 Å². The number of benzene rings is 1. The molecule has 0 amide bonds. The molecule has 2 N–H and O–H groups in total. The number of nitrogens with two attached hydrogens (primary N) is 1. The van der Waals surface area contributed by atoms with Crippen molar-refractivity contribution in [1.29, 1.82) is 0 Å². The normalized spacial score (nSPS) is 19.7. The van der Waals surface area contributed by atoms with Gasteiger partial charge in [0.25, 0.3) is 0 Å². The van der Waals surface area contributed by atoms with Gasteiger partial charge in [0.05, 0.1) is 6.04 Å². The first-order valence-corrected chi connectivity index (χ1v) is 4.27. The van der Waals surface area contributed by atoms with Gasteiger partial charge in [-0.25, -0.2) is 0 Å². The van der Waals surface area contributed by atoms with Gasteiger partial charge in [0.1, 0.15) is 0 Å². The summed E-state index contributed by atoms with van der Waals surface area (Å²) in [6, 6.07) is 10.9. The number of hydrogen-bond acceptors (Lipinski definition) is 2. The minimum absolute atomic E-state index is 0. The topological polar surface area (TPSA) is 38.4 Å². The maximum atomic E-state index is 5.78. The van der Waals surface area contributed by atoms with E-state index in [0.29, 0.717) is 0 Å². The first-order valence-electron chi connectivity index (χ1n) is 4.27. The maximum Gasteiger partial charge on any atom is 0.0542 e. The van der Waals surface area contributed by atoms with Gasteiger partial charge in [0, 0.05) is 25.8 Å². The molecule has 0 bridgehead atoms. The summed E-state index contributed by atoms with van der Waals surface area (Å²) in [5, 5.41) is 0. The molecule has 0 saturated heterocycles. The second-order valence-electron chi connectivity index (χ2n) is 3.11. The molecule has 0 aliphatic carbocycles. The van der Waals surface area contributed by atoms with Crippen LogP contribution in [0.25, 0.3) is 5.70 Å². The van der Waals surface area contributed by atoms with E-state index in [0.717, 1.165) is 17.0 Å². The Kier molecular flexibility index (Phi) is 3.76. The van der Waals surface area contributed by atoms with E-state index in [9.17, 15) is 0 Å². The third-order valence-electron chi connectivity index (χ3n) is 2.10. The summed E-state index contributed by atoms with van der Waals surface area (Å²) in [6.45, 7) is 1.94. The van der Waals surface area contributed by atoms with Crippen LogP contribution in [0.15, 0.2) is 35.3 Å². The molecule has 1 aromatic carbocycles. The minimum Gasteiger partial charge on any atom is -0.320 e. The smallest absolute Gasteiger partial charge is 0.0542 e. The van der Waals surface area contributed by atoms with Gasteiger partial charge in [-0.1, -0.05) is 6.08 Å². The van der Waals surface area contributed by atoms with Gasteiger partial charge in [-0.15, -0.1) is 35.9 Å². The largest absolute Gasteiger partial charge is 0.320 e. The molecular formula is C11H11IrN2-. The third kappa shape index (κ3) is 2.18. The fraction of sp³-hybridized carbons (Fsp3) is 0.182. The molecule has 0 saturated carbocycles. The fourth-order valence-corrected chi connectivity index (χ4v) is 1.30. The molecule has 0 aromatic heterocycles. The monoisotopic (exact) mass is 364 g/mol. The molecule has 0 spiro atoms. The van der Waals surface area contributed by atoms with Crippen molar-refractivity contribution in [1.82, 2.24) is 0 Å². The van der Waals surface area contributed by atoms with Gasteiger partial charge in [-0.2, -0.15) is 0 Å². The molecule has 3 heteroatoms. The van der Waals surface area contributed by atoms with Crippen molar-refractivity contribution < 1.29 is 20.1 Å². The van der Waals surface area contributed by atoms with E-state index in [1.54, 1.807) is 0 Å². The molecule has 2 rings (SSSR count). The van der Waals surface area contributed by atoms with Crippen LogP contribution >= 0.6 is 0 Å². The second kappa shape index (κ2) is 4.65. The van der Waals surface area contributed by atoms with Crippen LogP contribution in [0.4, 0.5) is 0 Å². The summed E-state index contributed by atoms with van der Waals surface area (Å²) in [6.07, 6.45) is 1.96. The summed E-state index contributed by atoms with van der Waals surface area (Å²) in [7, 11) is 0. The van der Waals surface area contributed by atoms with Gasteiger partial charge < -0.3 is 10.7 Å². The molecule has 1 radical (unpaired) electrons. The molecule has 14 heavy (non-hydrogen) atoms. The van der Waals surface area contributed by atoms with Crippen LogP contribution in [0.3, 0.4) is 0 Å². The van der Waals surface area contributed by atoms with Gasteiger partial charge in [-0.3, -0.25) is 0 Å². The molecule has 75 valence electrons. The Morgan fingerprint density at radius 3 is 2.71 bits per heavy atom. The van der Waals surface area contributed by atoms with Gasteiger partial charge in [0.15, 0.2) is 0 Å². The van der Waals surface area contributed by atoms with E-state index in [4.69, 9.17) is 5.73 Å². The van der Waals surface area contributed by atoms with Gasteiger partial charge in [0.2, 0.25) is 0 Å². The Bertz CT molecular complexity index is 368. The SMILES string of the molecule is CC1=NC(c2[c-]cccc2)=CC1N.[Ir]. The minimum atomic E-state index is -0.0244. The maximum absolute atomic E-state index is 5.78. The second-order valence-corrected chi connectivity index (χ2v) is 3.11. The Morgan fingerprint density at radius 1 is 1.43 bits per heavy atom.